The van der Waals surface area contributed by atoms with Crippen LogP contribution in [0, 0.1) is 0 Å². The van der Waals surface area contributed by atoms with E-state index in [4.69, 9.17) is 14.2 Å². The molecule has 0 saturated heterocycles. The van der Waals surface area contributed by atoms with Gasteiger partial charge in [-0.05, 0) is 116 Å². The standard InChI is InChI=1S/C71H116O6/c1-4-7-10-13-16-19-22-25-28-30-31-32-33-34-35-36-37-38-39-41-43-46-49-52-55-58-61-64-70(73)76-67-68(66-75-69(72)63-60-57-54-51-48-45-42-27-24-21-18-15-12-9-6-3)77-71(74)65-62-59-56-53-50-47-44-40-29-26-23-20-17-14-11-8-5-2/h8-9,11-12,17-18,20-22,25-27,29-31,33-34,42,48,51,57,60,68H,4-7,10,13-16,19,23-24,28,32,35-41,43-47,49-50,52-56,58-59,61-67H2,1-3H3/b11-8-,12-9-,20-17-,21-18-,25-22-,29-26-,31-30-,34-33-,42-27-,51-48-,60-57-. The minimum Gasteiger partial charge on any atom is -0.462 e. The third-order valence-corrected chi connectivity index (χ3v) is 13.2. The van der Waals surface area contributed by atoms with Crippen molar-refractivity contribution in [3.05, 3.63) is 134 Å². The summed E-state index contributed by atoms with van der Waals surface area (Å²) < 4.78 is 16.8. The maximum atomic E-state index is 12.9. The Balaban J connectivity index is 4.40. The molecule has 436 valence electrons. The highest BCUT2D eigenvalue weighted by atomic mass is 16.6. The zero-order chi connectivity index (χ0) is 55.7. The number of ether oxygens (including phenoxy) is 3. The van der Waals surface area contributed by atoms with Crippen LogP contribution in [0.1, 0.15) is 278 Å². The molecule has 0 aliphatic rings. The number of carbonyl (C=O) groups excluding carboxylic acids is 3. The number of allylic oxidation sites excluding steroid dienone is 21. The van der Waals surface area contributed by atoms with E-state index in [9.17, 15) is 14.4 Å². The molecule has 1 unspecified atom stereocenters. The molecule has 0 heterocycles. The van der Waals surface area contributed by atoms with Gasteiger partial charge >= 0.3 is 17.9 Å². The highest BCUT2D eigenvalue weighted by Crippen LogP contribution is 2.15. The van der Waals surface area contributed by atoms with Crippen molar-refractivity contribution in [2.45, 2.75) is 284 Å². The van der Waals surface area contributed by atoms with Gasteiger partial charge in [0, 0.05) is 12.8 Å². The van der Waals surface area contributed by atoms with Crippen molar-refractivity contribution >= 4 is 17.9 Å². The Kier molecular flexibility index (Phi) is 60.4. The van der Waals surface area contributed by atoms with Crippen LogP contribution in [0.5, 0.6) is 0 Å². The second-order valence-electron chi connectivity index (χ2n) is 20.6. The van der Waals surface area contributed by atoms with Crippen molar-refractivity contribution in [1.29, 1.82) is 0 Å². The number of rotatable bonds is 56. The van der Waals surface area contributed by atoms with E-state index in [2.05, 4.69) is 142 Å². The molecule has 0 amide bonds. The Morgan fingerprint density at radius 3 is 0.909 bits per heavy atom. The van der Waals surface area contributed by atoms with Crippen LogP contribution in [-0.2, 0) is 28.6 Å². The van der Waals surface area contributed by atoms with Gasteiger partial charge in [0.15, 0.2) is 6.10 Å². The van der Waals surface area contributed by atoms with Gasteiger partial charge in [0.25, 0.3) is 0 Å². The van der Waals surface area contributed by atoms with Gasteiger partial charge in [0.1, 0.15) is 13.2 Å². The average Bonchev–Trinajstić information content (AvgIpc) is 3.43. The Morgan fingerprint density at radius 2 is 0.558 bits per heavy atom. The molecule has 6 heteroatoms. The number of hydrogen-bond donors (Lipinski definition) is 0. The second kappa shape index (κ2) is 64.1. The summed E-state index contributed by atoms with van der Waals surface area (Å²) in [5.41, 5.74) is 0. The first-order valence-corrected chi connectivity index (χ1v) is 31.7. The van der Waals surface area contributed by atoms with E-state index in [1.165, 1.54) is 122 Å². The lowest BCUT2D eigenvalue weighted by atomic mass is 10.0. The van der Waals surface area contributed by atoms with Crippen molar-refractivity contribution in [2.24, 2.45) is 0 Å². The summed E-state index contributed by atoms with van der Waals surface area (Å²) in [5.74, 6) is -1.06. The third kappa shape index (κ3) is 62.3. The SMILES string of the molecule is CC/C=C\C/C=C\C/C=C\C/C=C\C/C=C\CC(=O)OCC(COC(=O)CCCCCCCCCCCCCC/C=C\C/C=C\C/C=C\CCCCCCC)OC(=O)CCCCCCCCC/C=C\C/C=C\C/C=C\CC. The van der Waals surface area contributed by atoms with Crippen molar-refractivity contribution in [2.75, 3.05) is 13.2 Å². The van der Waals surface area contributed by atoms with Gasteiger partial charge in [0.2, 0.25) is 0 Å². The molecule has 0 aliphatic carbocycles. The lowest BCUT2D eigenvalue weighted by Crippen LogP contribution is -2.30. The maximum absolute atomic E-state index is 12.9. The van der Waals surface area contributed by atoms with Crippen LogP contribution in [-0.4, -0.2) is 37.2 Å². The lowest BCUT2D eigenvalue weighted by molar-refractivity contribution is -0.166. The largest absolute Gasteiger partial charge is 0.462 e. The summed E-state index contributed by atoms with van der Waals surface area (Å²) >= 11 is 0. The van der Waals surface area contributed by atoms with Crippen molar-refractivity contribution in [3.63, 3.8) is 0 Å². The molecule has 0 aromatic rings. The minimum atomic E-state index is -0.830. The van der Waals surface area contributed by atoms with Gasteiger partial charge in [-0.25, -0.2) is 0 Å². The molecule has 1 atom stereocenters. The van der Waals surface area contributed by atoms with Crippen molar-refractivity contribution < 1.29 is 28.6 Å². The molecule has 77 heavy (non-hydrogen) atoms. The van der Waals surface area contributed by atoms with E-state index in [1.54, 1.807) is 6.08 Å². The molecule has 0 radical (unpaired) electrons. The fourth-order valence-corrected chi connectivity index (χ4v) is 8.48. The van der Waals surface area contributed by atoms with E-state index in [-0.39, 0.29) is 31.6 Å². The molecule has 0 spiro atoms. The first-order valence-electron chi connectivity index (χ1n) is 31.7. The monoisotopic (exact) mass is 1060 g/mol. The molecular formula is C71H116O6. The summed E-state index contributed by atoms with van der Waals surface area (Å²) in [5, 5.41) is 0. The van der Waals surface area contributed by atoms with Gasteiger partial charge in [-0.15, -0.1) is 0 Å². The molecule has 0 aromatic heterocycles. The Labute approximate surface area is 475 Å². The van der Waals surface area contributed by atoms with Crippen LogP contribution in [0.25, 0.3) is 0 Å². The predicted molar refractivity (Wildman–Crippen MR) is 334 cm³/mol. The zero-order valence-corrected chi connectivity index (χ0v) is 49.9. The number of unbranched alkanes of at least 4 members (excludes halogenated alkanes) is 24. The van der Waals surface area contributed by atoms with Gasteiger partial charge in [-0.2, -0.15) is 0 Å². The number of esters is 3. The van der Waals surface area contributed by atoms with E-state index >= 15 is 0 Å². The fourth-order valence-electron chi connectivity index (χ4n) is 8.48. The molecule has 0 saturated carbocycles. The summed E-state index contributed by atoms with van der Waals surface area (Å²) in [4.78, 5) is 38.2. The number of carbonyl (C=O) groups is 3. The average molecular weight is 1070 g/mol. The smallest absolute Gasteiger partial charge is 0.309 e. The number of hydrogen-bond acceptors (Lipinski definition) is 6. The van der Waals surface area contributed by atoms with Crippen LogP contribution < -0.4 is 0 Å². The van der Waals surface area contributed by atoms with Crippen molar-refractivity contribution in [1.82, 2.24) is 0 Å². The molecule has 0 aromatic carbocycles. The van der Waals surface area contributed by atoms with Gasteiger partial charge in [-0.1, -0.05) is 276 Å². The normalized spacial score (nSPS) is 13.0. The molecule has 6 nitrogen and oxygen atoms in total. The van der Waals surface area contributed by atoms with Crippen LogP contribution in [0.3, 0.4) is 0 Å². The van der Waals surface area contributed by atoms with E-state index in [0.29, 0.717) is 12.8 Å². The molecule has 0 rings (SSSR count). The van der Waals surface area contributed by atoms with Crippen molar-refractivity contribution in [3.8, 4) is 0 Å². The molecular weight excluding hydrogens is 949 g/mol. The topological polar surface area (TPSA) is 78.9 Å². The maximum Gasteiger partial charge on any atom is 0.309 e. The predicted octanol–water partition coefficient (Wildman–Crippen LogP) is 21.8. The summed E-state index contributed by atoms with van der Waals surface area (Å²) in [6, 6.07) is 0. The van der Waals surface area contributed by atoms with E-state index in [1.807, 2.05) is 6.08 Å². The minimum absolute atomic E-state index is 0.116. The van der Waals surface area contributed by atoms with Gasteiger partial charge in [-0.3, -0.25) is 14.4 Å². The van der Waals surface area contributed by atoms with Gasteiger partial charge in [0.05, 0.1) is 6.42 Å². The highest BCUT2D eigenvalue weighted by molar-refractivity contribution is 5.72. The third-order valence-electron chi connectivity index (χ3n) is 13.2. The highest BCUT2D eigenvalue weighted by Gasteiger charge is 2.19. The fraction of sp³-hybridized carbons (Fsp3) is 0.648. The van der Waals surface area contributed by atoms with Crippen LogP contribution in [0.15, 0.2) is 134 Å². The lowest BCUT2D eigenvalue weighted by Gasteiger charge is -2.18. The first kappa shape index (κ1) is 72.5. The second-order valence-corrected chi connectivity index (χ2v) is 20.6. The van der Waals surface area contributed by atoms with Gasteiger partial charge < -0.3 is 14.2 Å². The Morgan fingerprint density at radius 1 is 0.286 bits per heavy atom. The van der Waals surface area contributed by atoms with Crippen LogP contribution in [0.4, 0.5) is 0 Å². The summed E-state index contributed by atoms with van der Waals surface area (Å²) in [6.07, 6.45) is 90.6. The molecule has 0 fully saturated rings. The Bertz CT molecular complexity index is 1650. The zero-order valence-electron chi connectivity index (χ0n) is 49.9. The summed E-state index contributed by atoms with van der Waals surface area (Å²) in [6.45, 7) is 6.31. The first-order chi connectivity index (χ1) is 38.0. The molecule has 0 N–H and O–H groups in total. The van der Waals surface area contributed by atoms with Crippen LogP contribution >= 0.6 is 0 Å². The van der Waals surface area contributed by atoms with Crippen LogP contribution in [0.2, 0.25) is 0 Å². The molecule has 0 bridgehead atoms. The van der Waals surface area contributed by atoms with E-state index in [0.717, 1.165) is 116 Å². The Hall–Kier alpha value is -4.45. The molecule has 0 aliphatic heterocycles. The summed E-state index contributed by atoms with van der Waals surface area (Å²) in [7, 11) is 0. The quantitative estimate of drug-likeness (QED) is 0.0261. The van der Waals surface area contributed by atoms with E-state index < -0.39 is 12.1 Å².